The number of amidine groups is 1. The summed E-state index contributed by atoms with van der Waals surface area (Å²) in [6.07, 6.45) is 1.84. The highest BCUT2D eigenvalue weighted by Crippen LogP contribution is 2.21. The third kappa shape index (κ3) is 2.69. The molecule has 16 heavy (non-hydrogen) atoms. The van der Waals surface area contributed by atoms with Gasteiger partial charge in [0.05, 0.1) is 0 Å². The normalized spacial score (nSPS) is 17.8. The lowest BCUT2D eigenvalue weighted by Gasteiger charge is -2.16. The molecule has 2 rings (SSSR count). The van der Waals surface area contributed by atoms with E-state index in [2.05, 4.69) is 9.89 Å². The van der Waals surface area contributed by atoms with Crippen LogP contribution in [0.5, 0.6) is 0 Å². The summed E-state index contributed by atoms with van der Waals surface area (Å²) in [5.74, 6) is 0.994. The van der Waals surface area contributed by atoms with E-state index in [1.54, 1.807) is 11.8 Å². The summed E-state index contributed by atoms with van der Waals surface area (Å²) in [6, 6.07) is 7.74. The average molecular weight is 252 g/mol. The minimum Gasteiger partial charge on any atom is -0.345 e. The Bertz CT molecular complexity index is 436. The minimum atomic E-state index is 0.741. The zero-order valence-corrected chi connectivity index (χ0v) is 10.1. The van der Waals surface area contributed by atoms with E-state index in [1.807, 2.05) is 30.5 Å². The number of thioether (sulfide) groups is 1. The van der Waals surface area contributed by atoms with Gasteiger partial charge in [0.25, 0.3) is 0 Å². The minimum absolute atomic E-state index is 0.741. The second-order valence-corrected chi connectivity index (χ2v) is 4.89. The molecule has 1 aliphatic heterocycles. The van der Waals surface area contributed by atoms with Crippen LogP contribution in [0.25, 0.3) is 0 Å². The number of rotatable bonds is 2. The first-order chi connectivity index (χ1) is 7.79. The third-order valence-electron chi connectivity index (χ3n) is 2.30. The van der Waals surface area contributed by atoms with E-state index in [0.29, 0.717) is 0 Å². The molecule has 3 nitrogen and oxygen atoms in total. The van der Waals surface area contributed by atoms with E-state index in [0.717, 1.165) is 29.0 Å². The highest BCUT2D eigenvalue weighted by molar-refractivity contribution is 8.14. The predicted octanol–water partition coefficient (Wildman–Crippen LogP) is 2.73. The number of nitrogens with zero attached hydrogens (tertiary/aromatic N) is 3. The summed E-state index contributed by atoms with van der Waals surface area (Å²) in [5, 5.41) is 10.1. The molecule has 1 fully saturated rings. The van der Waals surface area contributed by atoms with Gasteiger partial charge in [0.1, 0.15) is 0 Å². The van der Waals surface area contributed by atoms with E-state index in [4.69, 9.17) is 16.9 Å². The topological polar surface area (TPSA) is 39.4 Å². The molecule has 0 saturated carbocycles. The quantitative estimate of drug-likeness (QED) is 0.759. The second-order valence-electron chi connectivity index (χ2n) is 3.39. The van der Waals surface area contributed by atoms with Gasteiger partial charge in [-0.25, -0.2) is 0 Å². The van der Waals surface area contributed by atoms with Crippen molar-refractivity contribution in [2.75, 3.05) is 12.3 Å². The van der Waals surface area contributed by atoms with Gasteiger partial charge < -0.3 is 4.90 Å². The largest absolute Gasteiger partial charge is 0.345 e. The molecular weight excluding hydrogens is 242 g/mol. The summed E-state index contributed by atoms with van der Waals surface area (Å²) in [4.78, 5) is 5.91. The molecule has 5 heteroatoms. The number of hydrogen-bond donors (Lipinski definition) is 0. The van der Waals surface area contributed by atoms with Crippen molar-refractivity contribution >= 4 is 28.5 Å². The number of benzene rings is 1. The Morgan fingerprint density at radius 2 is 2.19 bits per heavy atom. The molecule has 0 radical (unpaired) electrons. The van der Waals surface area contributed by atoms with Gasteiger partial charge in [-0.3, -0.25) is 0 Å². The zero-order valence-electron chi connectivity index (χ0n) is 8.56. The van der Waals surface area contributed by atoms with Gasteiger partial charge in [-0.05, 0) is 17.7 Å². The van der Waals surface area contributed by atoms with Crippen LogP contribution in [0.4, 0.5) is 0 Å². The third-order valence-corrected chi connectivity index (χ3v) is 3.54. The molecule has 0 atom stereocenters. The lowest BCUT2D eigenvalue weighted by Crippen LogP contribution is -2.23. The highest BCUT2D eigenvalue weighted by Gasteiger charge is 2.19. The Morgan fingerprint density at radius 1 is 1.44 bits per heavy atom. The molecule has 0 aliphatic carbocycles. The van der Waals surface area contributed by atoms with Crippen molar-refractivity contribution in [3.63, 3.8) is 0 Å². The Morgan fingerprint density at radius 3 is 2.88 bits per heavy atom. The van der Waals surface area contributed by atoms with Crippen LogP contribution < -0.4 is 0 Å². The van der Waals surface area contributed by atoms with Gasteiger partial charge in [-0.15, -0.1) is 4.99 Å². The van der Waals surface area contributed by atoms with E-state index in [9.17, 15) is 0 Å². The van der Waals surface area contributed by atoms with Crippen molar-refractivity contribution in [3.8, 4) is 6.19 Å². The monoisotopic (exact) mass is 251 g/mol. The second kappa shape index (κ2) is 5.24. The summed E-state index contributed by atoms with van der Waals surface area (Å²) in [7, 11) is 0. The van der Waals surface area contributed by atoms with Gasteiger partial charge in [0.2, 0.25) is 6.19 Å². The van der Waals surface area contributed by atoms with Crippen molar-refractivity contribution in [2.24, 2.45) is 4.99 Å². The Kier molecular flexibility index (Phi) is 3.70. The maximum atomic E-state index is 8.55. The molecule has 0 spiro atoms. The van der Waals surface area contributed by atoms with Gasteiger partial charge in [-0.1, -0.05) is 35.5 Å². The summed E-state index contributed by atoms with van der Waals surface area (Å²) in [5.41, 5.74) is 1.18. The molecule has 1 heterocycles. The first kappa shape index (κ1) is 11.3. The lowest BCUT2D eigenvalue weighted by molar-refractivity contribution is 0.457. The number of halogens is 1. The van der Waals surface area contributed by atoms with Crippen LogP contribution in [0.1, 0.15) is 5.56 Å². The zero-order chi connectivity index (χ0) is 11.4. The summed E-state index contributed by atoms with van der Waals surface area (Å²) >= 11 is 7.45. The molecule has 1 aliphatic rings. The van der Waals surface area contributed by atoms with Crippen molar-refractivity contribution in [1.82, 2.24) is 4.90 Å². The molecule has 1 aromatic carbocycles. The van der Waals surface area contributed by atoms with Crippen molar-refractivity contribution < 1.29 is 0 Å². The van der Waals surface area contributed by atoms with Gasteiger partial charge in [-0.2, -0.15) is 5.26 Å². The van der Waals surface area contributed by atoms with Crippen LogP contribution >= 0.6 is 23.4 Å². The smallest absolute Gasteiger partial charge is 0.208 e. The van der Waals surface area contributed by atoms with E-state index in [-0.39, 0.29) is 0 Å². The SMILES string of the molecule is N#CN=C1SCCN1Cc1ccc(Cl)cc1. The van der Waals surface area contributed by atoms with E-state index < -0.39 is 0 Å². The number of aliphatic imine (C=N–C) groups is 1. The number of nitriles is 1. The molecule has 0 bridgehead atoms. The lowest BCUT2D eigenvalue weighted by atomic mass is 10.2. The van der Waals surface area contributed by atoms with Gasteiger partial charge >= 0.3 is 0 Å². The first-order valence-electron chi connectivity index (χ1n) is 4.88. The van der Waals surface area contributed by atoms with Crippen LogP contribution in [-0.2, 0) is 6.54 Å². The van der Waals surface area contributed by atoms with Crippen molar-refractivity contribution in [3.05, 3.63) is 34.9 Å². The molecule has 0 amide bonds. The maximum absolute atomic E-state index is 8.55. The summed E-state index contributed by atoms with van der Waals surface area (Å²) < 4.78 is 0. The fourth-order valence-corrected chi connectivity index (χ4v) is 2.60. The highest BCUT2D eigenvalue weighted by atomic mass is 35.5. The van der Waals surface area contributed by atoms with Gasteiger partial charge in [0.15, 0.2) is 5.17 Å². The van der Waals surface area contributed by atoms with Crippen molar-refractivity contribution in [2.45, 2.75) is 6.54 Å². The molecule has 82 valence electrons. The first-order valence-corrected chi connectivity index (χ1v) is 6.25. The Labute approximate surface area is 104 Å². The predicted molar refractivity (Wildman–Crippen MR) is 67.4 cm³/mol. The van der Waals surface area contributed by atoms with Crippen molar-refractivity contribution in [1.29, 1.82) is 5.26 Å². The fraction of sp³-hybridized carbons (Fsp3) is 0.273. The van der Waals surface area contributed by atoms with Crippen LogP contribution in [-0.4, -0.2) is 22.4 Å². The molecule has 1 aromatic rings. The molecule has 0 aromatic heterocycles. The molecular formula is C11H10ClN3S. The van der Waals surface area contributed by atoms with Gasteiger partial charge in [0, 0.05) is 23.9 Å². The van der Waals surface area contributed by atoms with E-state index in [1.165, 1.54) is 5.56 Å². The Hall–Kier alpha value is -1.18. The Balaban J connectivity index is 2.07. The van der Waals surface area contributed by atoms with E-state index >= 15 is 0 Å². The molecule has 0 unspecified atom stereocenters. The molecule has 1 saturated heterocycles. The van der Waals surface area contributed by atoms with Crippen LogP contribution in [0.3, 0.4) is 0 Å². The van der Waals surface area contributed by atoms with Crippen LogP contribution in [0.15, 0.2) is 29.3 Å². The number of hydrogen-bond acceptors (Lipinski definition) is 3. The maximum Gasteiger partial charge on any atom is 0.208 e. The standard InChI is InChI=1S/C11H10ClN3S/c12-10-3-1-9(2-4-10)7-15-5-6-16-11(15)14-8-13/h1-4H,5-7H2. The average Bonchev–Trinajstić information content (AvgIpc) is 2.70. The molecule has 0 N–H and O–H groups in total. The fourth-order valence-electron chi connectivity index (χ4n) is 1.54. The van der Waals surface area contributed by atoms with Crippen LogP contribution in [0, 0.1) is 11.5 Å². The van der Waals surface area contributed by atoms with Crippen LogP contribution in [0.2, 0.25) is 5.02 Å². The summed E-state index contributed by atoms with van der Waals surface area (Å²) in [6.45, 7) is 1.72.